The molecule has 1 unspecified atom stereocenters. The lowest BCUT2D eigenvalue weighted by molar-refractivity contribution is -0.140. The summed E-state index contributed by atoms with van der Waals surface area (Å²) in [6.07, 6.45) is 3.22. The van der Waals surface area contributed by atoms with Crippen LogP contribution in [0.5, 0.6) is 0 Å². The molecule has 0 saturated carbocycles. The van der Waals surface area contributed by atoms with Gasteiger partial charge in [-0.2, -0.15) is 0 Å². The van der Waals surface area contributed by atoms with E-state index in [1.165, 1.54) is 0 Å². The van der Waals surface area contributed by atoms with Gasteiger partial charge in [-0.3, -0.25) is 0 Å². The van der Waals surface area contributed by atoms with Crippen LogP contribution in [0, 0.1) is 0 Å². The van der Waals surface area contributed by atoms with Gasteiger partial charge in [0.2, 0.25) is 0 Å². The number of aromatic nitrogens is 2. The van der Waals surface area contributed by atoms with E-state index in [0.717, 1.165) is 11.3 Å². The highest BCUT2D eigenvalue weighted by Gasteiger charge is 2.16. The lowest BCUT2D eigenvalue weighted by atomic mass is 10.1. The molecule has 4 heteroatoms. The van der Waals surface area contributed by atoms with Gasteiger partial charge in [0.05, 0.1) is 18.2 Å². The fraction of sp³-hybridized carbons (Fsp3) is 0.167. The zero-order valence-electron chi connectivity index (χ0n) is 8.87. The number of carboxylic acid groups (broad SMARTS) is 1. The molecule has 0 amide bonds. The van der Waals surface area contributed by atoms with E-state index in [1.807, 2.05) is 30.3 Å². The SMILES string of the molecule is CC(C(=O)O)n1cncc1-c1ccccc1. The van der Waals surface area contributed by atoms with Crippen LogP contribution in [0.1, 0.15) is 13.0 Å². The molecule has 0 radical (unpaired) electrons. The monoisotopic (exact) mass is 216 g/mol. The van der Waals surface area contributed by atoms with Crippen LogP contribution in [-0.4, -0.2) is 20.6 Å². The van der Waals surface area contributed by atoms with E-state index in [9.17, 15) is 4.79 Å². The van der Waals surface area contributed by atoms with Gasteiger partial charge in [0.1, 0.15) is 6.04 Å². The zero-order valence-corrected chi connectivity index (χ0v) is 8.87. The van der Waals surface area contributed by atoms with E-state index >= 15 is 0 Å². The van der Waals surface area contributed by atoms with Crippen LogP contribution in [-0.2, 0) is 4.79 Å². The first-order valence-corrected chi connectivity index (χ1v) is 5.00. The highest BCUT2D eigenvalue weighted by Crippen LogP contribution is 2.21. The first-order valence-electron chi connectivity index (χ1n) is 5.00. The molecule has 0 aliphatic heterocycles. The summed E-state index contributed by atoms with van der Waals surface area (Å²) in [5.41, 5.74) is 1.78. The number of hydrogen-bond donors (Lipinski definition) is 1. The molecule has 0 aliphatic carbocycles. The third-order valence-electron chi connectivity index (χ3n) is 2.51. The third-order valence-corrected chi connectivity index (χ3v) is 2.51. The van der Waals surface area contributed by atoms with E-state index < -0.39 is 12.0 Å². The Kier molecular flexibility index (Phi) is 2.72. The van der Waals surface area contributed by atoms with E-state index in [2.05, 4.69) is 4.98 Å². The Hall–Kier alpha value is -2.10. The van der Waals surface area contributed by atoms with Gasteiger partial charge in [0.25, 0.3) is 0 Å². The number of carboxylic acids is 1. The van der Waals surface area contributed by atoms with Crippen molar-refractivity contribution in [1.82, 2.24) is 9.55 Å². The van der Waals surface area contributed by atoms with Crippen LogP contribution in [0.4, 0.5) is 0 Å². The van der Waals surface area contributed by atoms with Crippen molar-refractivity contribution in [3.05, 3.63) is 42.9 Å². The molecule has 2 rings (SSSR count). The topological polar surface area (TPSA) is 55.1 Å². The van der Waals surface area contributed by atoms with Crippen LogP contribution >= 0.6 is 0 Å². The number of benzene rings is 1. The zero-order chi connectivity index (χ0) is 11.5. The summed E-state index contributed by atoms with van der Waals surface area (Å²) in [6.45, 7) is 1.64. The number of imidazole rings is 1. The average molecular weight is 216 g/mol. The quantitative estimate of drug-likeness (QED) is 0.855. The summed E-state index contributed by atoms with van der Waals surface area (Å²) in [5.74, 6) is -0.866. The molecule has 0 saturated heterocycles. The van der Waals surface area contributed by atoms with Crippen LogP contribution < -0.4 is 0 Å². The third kappa shape index (κ3) is 1.82. The number of carbonyl (C=O) groups is 1. The van der Waals surface area contributed by atoms with Gasteiger partial charge in [-0.15, -0.1) is 0 Å². The molecule has 2 aromatic rings. The molecule has 4 nitrogen and oxygen atoms in total. The van der Waals surface area contributed by atoms with Crippen molar-refractivity contribution in [1.29, 1.82) is 0 Å². The van der Waals surface area contributed by atoms with E-state index in [1.54, 1.807) is 24.0 Å². The van der Waals surface area contributed by atoms with Crippen LogP contribution in [0.25, 0.3) is 11.3 Å². The number of aliphatic carboxylic acids is 1. The summed E-state index contributed by atoms with van der Waals surface area (Å²) in [4.78, 5) is 14.9. The van der Waals surface area contributed by atoms with Crippen molar-refractivity contribution in [3.8, 4) is 11.3 Å². The standard InChI is InChI=1S/C12H12N2O2/c1-9(12(15)16)14-8-13-7-11(14)10-5-3-2-4-6-10/h2-9H,1H3,(H,15,16). The summed E-state index contributed by atoms with van der Waals surface area (Å²) in [7, 11) is 0. The van der Waals surface area contributed by atoms with Gasteiger partial charge in [0, 0.05) is 0 Å². The van der Waals surface area contributed by atoms with Gasteiger partial charge in [0.15, 0.2) is 0 Å². The lowest BCUT2D eigenvalue weighted by Gasteiger charge is -2.12. The van der Waals surface area contributed by atoms with Crippen molar-refractivity contribution >= 4 is 5.97 Å². The molecule has 0 aliphatic rings. The molecular formula is C12H12N2O2. The molecule has 1 N–H and O–H groups in total. The molecule has 1 heterocycles. The summed E-state index contributed by atoms with van der Waals surface area (Å²) in [5, 5.41) is 8.98. The van der Waals surface area contributed by atoms with Gasteiger partial charge in [-0.05, 0) is 12.5 Å². The first kappa shape index (κ1) is 10.4. The largest absolute Gasteiger partial charge is 0.480 e. The van der Waals surface area contributed by atoms with Crippen molar-refractivity contribution < 1.29 is 9.90 Å². The van der Waals surface area contributed by atoms with Gasteiger partial charge >= 0.3 is 5.97 Å². The Bertz CT molecular complexity index is 491. The molecule has 0 spiro atoms. The molecule has 82 valence electrons. The molecule has 1 aromatic heterocycles. The normalized spacial score (nSPS) is 12.3. The smallest absolute Gasteiger partial charge is 0.326 e. The Morgan fingerprint density at radius 3 is 2.69 bits per heavy atom. The highest BCUT2D eigenvalue weighted by molar-refractivity contribution is 5.73. The fourth-order valence-corrected chi connectivity index (χ4v) is 1.56. The molecule has 0 fully saturated rings. The Labute approximate surface area is 93.2 Å². The molecular weight excluding hydrogens is 204 g/mol. The maximum Gasteiger partial charge on any atom is 0.326 e. The van der Waals surface area contributed by atoms with Gasteiger partial charge in [-0.25, -0.2) is 9.78 Å². The lowest BCUT2D eigenvalue weighted by Crippen LogP contribution is -2.15. The van der Waals surface area contributed by atoms with Crippen molar-refractivity contribution in [2.75, 3.05) is 0 Å². The number of hydrogen-bond acceptors (Lipinski definition) is 2. The predicted molar refractivity (Wildman–Crippen MR) is 60.0 cm³/mol. The molecule has 16 heavy (non-hydrogen) atoms. The summed E-state index contributed by atoms with van der Waals surface area (Å²) in [6, 6.07) is 9.00. The van der Waals surface area contributed by atoms with Crippen molar-refractivity contribution in [3.63, 3.8) is 0 Å². The van der Waals surface area contributed by atoms with Crippen LogP contribution in [0.15, 0.2) is 42.9 Å². The Morgan fingerprint density at radius 2 is 2.06 bits per heavy atom. The first-order chi connectivity index (χ1) is 7.70. The second-order valence-corrected chi connectivity index (χ2v) is 3.57. The minimum Gasteiger partial charge on any atom is -0.480 e. The van der Waals surface area contributed by atoms with Gasteiger partial charge < -0.3 is 9.67 Å². The van der Waals surface area contributed by atoms with E-state index in [0.29, 0.717) is 0 Å². The van der Waals surface area contributed by atoms with Crippen LogP contribution in [0.3, 0.4) is 0 Å². The predicted octanol–water partition coefficient (Wildman–Crippen LogP) is 2.20. The molecule has 1 atom stereocenters. The summed E-state index contributed by atoms with van der Waals surface area (Å²) < 4.78 is 1.65. The number of nitrogens with zero attached hydrogens (tertiary/aromatic N) is 2. The Morgan fingerprint density at radius 1 is 1.38 bits per heavy atom. The van der Waals surface area contributed by atoms with E-state index in [-0.39, 0.29) is 0 Å². The van der Waals surface area contributed by atoms with Crippen LogP contribution in [0.2, 0.25) is 0 Å². The summed E-state index contributed by atoms with van der Waals surface area (Å²) >= 11 is 0. The minimum absolute atomic E-state index is 0.613. The average Bonchev–Trinajstić information content (AvgIpc) is 2.77. The van der Waals surface area contributed by atoms with E-state index in [4.69, 9.17) is 5.11 Å². The maximum atomic E-state index is 10.9. The molecule has 0 bridgehead atoms. The molecule has 1 aromatic carbocycles. The second-order valence-electron chi connectivity index (χ2n) is 3.57. The highest BCUT2D eigenvalue weighted by atomic mass is 16.4. The Balaban J connectivity index is 2.44. The minimum atomic E-state index is -0.866. The van der Waals surface area contributed by atoms with Crippen molar-refractivity contribution in [2.45, 2.75) is 13.0 Å². The fourth-order valence-electron chi connectivity index (χ4n) is 1.56. The second kappa shape index (κ2) is 4.18. The maximum absolute atomic E-state index is 10.9. The number of rotatable bonds is 3. The van der Waals surface area contributed by atoms with Gasteiger partial charge in [-0.1, -0.05) is 30.3 Å². The van der Waals surface area contributed by atoms with Crippen molar-refractivity contribution in [2.24, 2.45) is 0 Å².